The summed E-state index contributed by atoms with van der Waals surface area (Å²) in [4.78, 5) is 5.84. The Hall–Kier alpha value is -0.450. The van der Waals surface area contributed by atoms with E-state index in [1.807, 2.05) is 17.5 Å². The maximum absolute atomic E-state index is 5.35. The summed E-state index contributed by atoms with van der Waals surface area (Å²) in [6.07, 6.45) is 4.27. The molecule has 1 saturated heterocycles. The van der Waals surface area contributed by atoms with Crippen molar-refractivity contribution in [2.24, 2.45) is 0 Å². The van der Waals surface area contributed by atoms with Gasteiger partial charge in [-0.05, 0) is 12.8 Å². The van der Waals surface area contributed by atoms with E-state index in [-0.39, 0.29) is 5.41 Å². The summed E-state index contributed by atoms with van der Waals surface area (Å²) in [5.41, 5.74) is 0.168. The second kappa shape index (κ2) is 5.46. The van der Waals surface area contributed by atoms with E-state index in [1.165, 1.54) is 9.88 Å². The van der Waals surface area contributed by atoms with Gasteiger partial charge >= 0.3 is 0 Å². The van der Waals surface area contributed by atoms with Gasteiger partial charge in [-0.15, -0.1) is 11.3 Å². The Morgan fingerprint density at radius 1 is 1.41 bits per heavy atom. The van der Waals surface area contributed by atoms with Crippen molar-refractivity contribution in [1.82, 2.24) is 10.3 Å². The number of hydrogen-bond acceptors (Lipinski definition) is 4. The van der Waals surface area contributed by atoms with Crippen molar-refractivity contribution in [3.63, 3.8) is 0 Å². The molecule has 2 heterocycles. The van der Waals surface area contributed by atoms with Crippen LogP contribution in [0.2, 0.25) is 0 Å². The van der Waals surface area contributed by atoms with Crippen molar-refractivity contribution >= 4 is 11.3 Å². The van der Waals surface area contributed by atoms with E-state index >= 15 is 0 Å². The predicted octanol–water partition coefficient (Wildman–Crippen LogP) is 2.71. The maximum atomic E-state index is 5.35. The second-order valence-corrected chi connectivity index (χ2v) is 6.76. The Morgan fingerprint density at radius 2 is 2.12 bits per heavy atom. The number of aromatic nitrogens is 1. The van der Waals surface area contributed by atoms with Crippen LogP contribution in [0.4, 0.5) is 0 Å². The molecule has 0 atom stereocenters. The number of rotatable bonds is 3. The third kappa shape index (κ3) is 3.76. The highest BCUT2D eigenvalue weighted by Gasteiger charge is 2.18. The Balaban J connectivity index is 1.84. The Bertz CT molecular complexity index is 351. The normalized spacial score (nSPS) is 18.5. The average molecular weight is 254 g/mol. The first-order chi connectivity index (χ1) is 8.05. The van der Waals surface area contributed by atoms with E-state index in [0.29, 0.717) is 6.04 Å². The summed E-state index contributed by atoms with van der Waals surface area (Å²) in [7, 11) is 0. The molecule has 96 valence electrons. The second-order valence-electron chi connectivity index (χ2n) is 5.65. The summed E-state index contributed by atoms with van der Waals surface area (Å²) in [5.74, 6) is 0. The summed E-state index contributed by atoms with van der Waals surface area (Å²) in [6.45, 7) is 9.37. The summed E-state index contributed by atoms with van der Waals surface area (Å²) in [5, 5.41) is 4.82. The minimum atomic E-state index is 0.168. The molecule has 4 heteroatoms. The molecule has 0 amide bonds. The van der Waals surface area contributed by atoms with Crippen molar-refractivity contribution in [1.29, 1.82) is 0 Å². The fraction of sp³-hybridized carbons (Fsp3) is 0.769. The molecule has 0 spiro atoms. The molecule has 0 radical (unpaired) electrons. The molecule has 3 nitrogen and oxygen atoms in total. The van der Waals surface area contributed by atoms with E-state index in [9.17, 15) is 0 Å². The zero-order chi connectivity index (χ0) is 12.3. The lowest BCUT2D eigenvalue weighted by atomic mass is 9.98. The van der Waals surface area contributed by atoms with Gasteiger partial charge in [0.15, 0.2) is 0 Å². The molecular weight excluding hydrogens is 232 g/mol. The van der Waals surface area contributed by atoms with Gasteiger partial charge in [-0.2, -0.15) is 0 Å². The smallest absolute Gasteiger partial charge is 0.0981 e. The Kier molecular flexibility index (Phi) is 4.17. The fourth-order valence-corrected chi connectivity index (χ4v) is 2.80. The molecule has 1 N–H and O–H groups in total. The summed E-state index contributed by atoms with van der Waals surface area (Å²) < 4.78 is 5.35. The molecule has 0 aromatic carbocycles. The van der Waals surface area contributed by atoms with Gasteiger partial charge < -0.3 is 10.1 Å². The van der Waals surface area contributed by atoms with E-state index in [0.717, 1.165) is 32.6 Å². The van der Waals surface area contributed by atoms with Crippen LogP contribution in [0.25, 0.3) is 0 Å². The number of hydrogen-bond donors (Lipinski definition) is 1. The maximum Gasteiger partial charge on any atom is 0.0981 e. The van der Waals surface area contributed by atoms with Crippen LogP contribution in [0.15, 0.2) is 6.20 Å². The quantitative estimate of drug-likeness (QED) is 0.900. The first kappa shape index (κ1) is 13.0. The first-order valence-corrected chi connectivity index (χ1v) is 7.13. The molecule has 1 aliphatic rings. The van der Waals surface area contributed by atoms with E-state index in [4.69, 9.17) is 4.74 Å². The molecule has 0 unspecified atom stereocenters. The molecule has 2 rings (SSSR count). The predicted molar refractivity (Wildman–Crippen MR) is 71.5 cm³/mol. The lowest BCUT2D eigenvalue weighted by Crippen LogP contribution is -2.34. The van der Waals surface area contributed by atoms with Crippen LogP contribution < -0.4 is 5.32 Å². The average Bonchev–Trinajstić information content (AvgIpc) is 2.76. The number of ether oxygens (including phenoxy) is 1. The molecule has 0 bridgehead atoms. The largest absolute Gasteiger partial charge is 0.381 e. The Morgan fingerprint density at radius 3 is 2.71 bits per heavy atom. The van der Waals surface area contributed by atoms with Crippen molar-refractivity contribution in [3.8, 4) is 0 Å². The SMILES string of the molecule is CC(C)(C)c1ncc(CNC2CCOCC2)s1. The molecule has 0 aliphatic carbocycles. The zero-order valence-corrected chi connectivity index (χ0v) is 11.8. The first-order valence-electron chi connectivity index (χ1n) is 6.32. The van der Waals surface area contributed by atoms with E-state index in [1.54, 1.807) is 0 Å². The van der Waals surface area contributed by atoms with Gasteiger partial charge in [0, 0.05) is 42.3 Å². The van der Waals surface area contributed by atoms with Crippen LogP contribution in [-0.4, -0.2) is 24.2 Å². The standard InChI is InChI=1S/C13H22N2OS/c1-13(2,3)12-15-9-11(17-12)8-14-10-4-6-16-7-5-10/h9-10,14H,4-8H2,1-3H3. The van der Waals surface area contributed by atoms with Gasteiger partial charge in [-0.1, -0.05) is 20.8 Å². The highest BCUT2D eigenvalue weighted by atomic mass is 32.1. The van der Waals surface area contributed by atoms with Gasteiger partial charge in [0.2, 0.25) is 0 Å². The lowest BCUT2D eigenvalue weighted by Gasteiger charge is -2.22. The third-order valence-electron chi connectivity index (χ3n) is 2.98. The van der Waals surface area contributed by atoms with Crippen LogP contribution in [-0.2, 0) is 16.7 Å². The topological polar surface area (TPSA) is 34.2 Å². The molecule has 1 aromatic rings. The molecule has 0 saturated carbocycles. The minimum Gasteiger partial charge on any atom is -0.381 e. The monoisotopic (exact) mass is 254 g/mol. The van der Waals surface area contributed by atoms with Crippen molar-refractivity contribution in [2.75, 3.05) is 13.2 Å². The molecule has 1 fully saturated rings. The summed E-state index contributed by atoms with van der Waals surface area (Å²) >= 11 is 1.82. The van der Waals surface area contributed by atoms with Gasteiger partial charge in [-0.25, -0.2) is 4.98 Å². The Labute approximate surface area is 108 Å². The van der Waals surface area contributed by atoms with E-state index < -0.39 is 0 Å². The highest BCUT2D eigenvalue weighted by molar-refractivity contribution is 7.11. The minimum absolute atomic E-state index is 0.168. The van der Waals surface area contributed by atoms with Crippen LogP contribution in [0.3, 0.4) is 0 Å². The van der Waals surface area contributed by atoms with Crippen LogP contribution in [0.5, 0.6) is 0 Å². The van der Waals surface area contributed by atoms with Crippen molar-refractivity contribution in [2.45, 2.75) is 51.6 Å². The van der Waals surface area contributed by atoms with Gasteiger partial charge in [0.25, 0.3) is 0 Å². The number of nitrogens with one attached hydrogen (secondary N) is 1. The van der Waals surface area contributed by atoms with Gasteiger partial charge in [0.1, 0.15) is 0 Å². The number of nitrogens with zero attached hydrogens (tertiary/aromatic N) is 1. The fourth-order valence-electron chi connectivity index (χ4n) is 1.88. The van der Waals surface area contributed by atoms with Crippen LogP contribution in [0.1, 0.15) is 43.5 Å². The highest BCUT2D eigenvalue weighted by Crippen LogP contribution is 2.26. The molecule has 17 heavy (non-hydrogen) atoms. The van der Waals surface area contributed by atoms with Crippen LogP contribution in [0, 0.1) is 0 Å². The van der Waals surface area contributed by atoms with Gasteiger partial charge in [-0.3, -0.25) is 0 Å². The zero-order valence-electron chi connectivity index (χ0n) is 11.0. The number of thiazole rings is 1. The molecule has 1 aliphatic heterocycles. The van der Waals surface area contributed by atoms with E-state index in [2.05, 4.69) is 31.1 Å². The molecule has 1 aromatic heterocycles. The molecular formula is C13H22N2OS. The van der Waals surface area contributed by atoms with Crippen molar-refractivity contribution in [3.05, 3.63) is 16.1 Å². The lowest BCUT2D eigenvalue weighted by molar-refractivity contribution is 0.0777. The van der Waals surface area contributed by atoms with Crippen molar-refractivity contribution < 1.29 is 4.74 Å². The van der Waals surface area contributed by atoms with Gasteiger partial charge in [0.05, 0.1) is 5.01 Å². The summed E-state index contributed by atoms with van der Waals surface area (Å²) in [6, 6.07) is 0.615. The van der Waals surface area contributed by atoms with Crippen LogP contribution >= 0.6 is 11.3 Å². The third-order valence-corrected chi connectivity index (χ3v) is 4.40.